The van der Waals surface area contributed by atoms with Gasteiger partial charge in [-0.25, -0.2) is 15.0 Å². The van der Waals surface area contributed by atoms with Gasteiger partial charge >= 0.3 is 12.4 Å². The molecule has 1 atom stereocenters. The third-order valence-corrected chi connectivity index (χ3v) is 6.60. The molecule has 0 unspecified atom stereocenters. The van der Waals surface area contributed by atoms with Gasteiger partial charge in [-0.1, -0.05) is 31.2 Å². The van der Waals surface area contributed by atoms with E-state index in [9.17, 15) is 31.1 Å². The Morgan fingerprint density at radius 1 is 1.08 bits per heavy atom. The van der Waals surface area contributed by atoms with Crippen LogP contribution in [-0.4, -0.2) is 36.0 Å². The first-order valence-corrected chi connectivity index (χ1v) is 11.9. The Kier molecular flexibility index (Phi) is 6.40. The fourth-order valence-electron chi connectivity index (χ4n) is 4.52. The van der Waals surface area contributed by atoms with E-state index < -0.39 is 29.7 Å². The van der Waals surface area contributed by atoms with Crippen LogP contribution in [0.15, 0.2) is 42.9 Å². The molecule has 0 spiro atoms. The maximum Gasteiger partial charge on any atom is 0.419 e. The van der Waals surface area contributed by atoms with Gasteiger partial charge in [-0.2, -0.15) is 26.3 Å². The number of nitrogens with one attached hydrogen (secondary N) is 1. The van der Waals surface area contributed by atoms with E-state index >= 15 is 0 Å². The van der Waals surface area contributed by atoms with Crippen molar-refractivity contribution in [2.24, 2.45) is 5.92 Å². The first-order valence-electron chi connectivity index (χ1n) is 11.9. The molecule has 0 saturated carbocycles. The molecule has 1 aromatic carbocycles. The third kappa shape index (κ3) is 4.96. The Labute approximate surface area is 212 Å². The molecule has 5 rings (SSSR count). The van der Waals surface area contributed by atoms with Crippen molar-refractivity contribution in [3.8, 4) is 11.3 Å². The van der Waals surface area contributed by atoms with E-state index in [0.29, 0.717) is 41.0 Å². The smallest absolute Gasteiger partial charge is 0.347 e. The van der Waals surface area contributed by atoms with Crippen LogP contribution >= 0.6 is 0 Å². The van der Waals surface area contributed by atoms with Gasteiger partial charge in [-0.15, -0.1) is 0 Å². The minimum Gasteiger partial charge on any atom is -0.347 e. The number of hydrogen-bond donors (Lipinski definition) is 1. The quantitative estimate of drug-likeness (QED) is 0.355. The van der Waals surface area contributed by atoms with E-state index in [4.69, 9.17) is 0 Å². The summed E-state index contributed by atoms with van der Waals surface area (Å²) in [5.41, 5.74) is 1.30. The number of hydrogen-bond acceptors (Lipinski definition) is 4. The SMILES string of the molecule is CCc1nc2ncc(C(F)(F)F)cn2c1C(=O)NCc1ccc(-c2cn3c(n2)C[C@H](C(F)(F)F)CC3)cc1. The largest absolute Gasteiger partial charge is 0.419 e. The van der Waals surface area contributed by atoms with Crippen molar-refractivity contribution in [1.82, 2.24) is 29.2 Å². The number of imidazole rings is 2. The number of carbonyl (C=O) groups is 1. The zero-order valence-electron chi connectivity index (χ0n) is 20.1. The molecule has 200 valence electrons. The van der Waals surface area contributed by atoms with Crippen LogP contribution < -0.4 is 5.32 Å². The molecule has 4 heterocycles. The number of halogens is 6. The van der Waals surface area contributed by atoms with Crippen LogP contribution in [0.4, 0.5) is 26.3 Å². The van der Waals surface area contributed by atoms with Crippen molar-refractivity contribution >= 4 is 11.7 Å². The van der Waals surface area contributed by atoms with Crippen LogP contribution in [0.5, 0.6) is 0 Å². The van der Waals surface area contributed by atoms with Crippen LogP contribution in [0.1, 0.15) is 46.5 Å². The number of fused-ring (bicyclic) bond motifs is 2. The summed E-state index contributed by atoms with van der Waals surface area (Å²) in [7, 11) is 0. The molecule has 0 bridgehead atoms. The molecule has 0 fully saturated rings. The Morgan fingerprint density at radius 3 is 2.47 bits per heavy atom. The molecular weight excluding hydrogens is 514 g/mol. The summed E-state index contributed by atoms with van der Waals surface area (Å²) in [6, 6.07) is 6.99. The highest BCUT2D eigenvalue weighted by Crippen LogP contribution is 2.35. The molecule has 1 amide bonds. The number of alkyl halides is 6. The molecule has 7 nitrogen and oxygen atoms in total. The average molecular weight is 536 g/mol. The van der Waals surface area contributed by atoms with Crippen LogP contribution in [0.3, 0.4) is 0 Å². The van der Waals surface area contributed by atoms with Crippen LogP contribution in [0.2, 0.25) is 0 Å². The summed E-state index contributed by atoms with van der Waals surface area (Å²) in [5.74, 6) is -1.60. The molecule has 1 aliphatic rings. The van der Waals surface area contributed by atoms with Gasteiger partial charge in [0, 0.05) is 43.7 Å². The van der Waals surface area contributed by atoms with Gasteiger partial charge in [0.05, 0.1) is 22.9 Å². The summed E-state index contributed by atoms with van der Waals surface area (Å²) < 4.78 is 81.6. The lowest BCUT2D eigenvalue weighted by molar-refractivity contribution is -0.179. The molecule has 1 aliphatic heterocycles. The average Bonchev–Trinajstić information content (AvgIpc) is 3.47. The number of benzene rings is 1. The molecule has 1 N–H and O–H groups in total. The van der Waals surface area contributed by atoms with Gasteiger partial charge in [0.15, 0.2) is 0 Å². The second-order valence-corrected chi connectivity index (χ2v) is 9.12. The summed E-state index contributed by atoms with van der Waals surface area (Å²) in [5, 5.41) is 2.71. The van der Waals surface area contributed by atoms with E-state index in [2.05, 4.69) is 20.3 Å². The van der Waals surface area contributed by atoms with E-state index in [1.165, 1.54) is 0 Å². The Bertz CT molecular complexity index is 1490. The topological polar surface area (TPSA) is 77.1 Å². The van der Waals surface area contributed by atoms with Crippen LogP contribution in [-0.2, 0) is 32.1 Å². The minimum atomic E-state index is -4.62. The van der Waals surface area contributed by atoms with Crippen molar-refractivity contribution in [2.45, 2.75) is 51.6 Å². The predicted molar refractivity (Wildman–Crippen MR) is 124 cm³/mol. The van der Waals surface area contributed by atoms with E-state index in [-0.39, 0.29) is 37.4 Å². The van der Waals surface area contributed by atoms with Crippen molar-refractivity contribution < 1.29 is 31.1 Å². The van der Waals surface area contributed by atoms with Gasteiger partial charge in [0.25, 0.3) is 5.91 Å². The van der Waals surface area contributed by atoms with E-state index in [0.717, 1.165) is 10.6 Å². The maximum absolute atomic E-state index is 13.2. The molecule has 38 heavy (non-hydrogen) atoms. The first kappa shape index (κ1) is 25.7. The van der Waals surface area contributed by atoms with Crippen LogP contribution in [0, 0.1) is 5.92 Å². The third-order valence-electron chi connectivity index (χ3n) is 6.60. The number of nitrogens with zero attached hydrogens (tertiary/aromatic N) is 5. The Balaban J connectivity index is 1.30. The Morgan fingerprint density at radius 2 is 1.82 bits per heavy atom. The fourth-order valence-corrected chi connectivity index (χ4v) is 4.52. The normalized spacial score (nSPS) is 16.0. The van der Waals surface area contributed by atoms with Gasteiger partial charge < -0.3 is 9.88 Å². The van der Waals surface area contributed by atoms with E-state index in [1.54, 1.807) is 42.0 Å². The monoisotopic (exact) mass is 536 g/mol. The lowest BCUT2D eigenvalue weighted by atomic mass is 9.97. The molecule has 0 saturated heterocycles. The number of rotatable bonds is 5. The summed E-state index contributed by atoms with van der Waals surface area (Å²) in [6.45, 7) is 2.08. The summed E-state index contributed by atoms with van der Waals surface area (Å²) in [4.78, 5) is 25.3. The fraction of sp³-hybridized carbons (Fsp3) is 0.360. The molecule has 4 aromatic rings. The Hall–Kier alpha value is -3.90. The highest BCUT2D eigenvalue weighted by atomic mass is 19.4. The number of amides is 1. The van der Waals surface area contributed by atoms with E-state index in [1.807, 2.05) is 0 Å². The lowest BCUT2D eigenvalue weighted by Crippen LogP contribution is -2.31. The predicted octanol–water partition coefficient (Wildman–Crippen LogP) is 5.23. The van der Waals surface area contributed by atoms with Crippen molar-refractivity contribution in [2.75, 3.05) is 0 Å². The second-order valence-electron chi connectivity index (χ2n) is 9.12. The zero-order valence-corrected chi connectivity index (χ0v) is 20.1. The number of aryl methyl sites for hydroxylation is 2. The molecule has 3 aromatic heterocycles. The number of aromatic nitrogens is 5. The molecule has 0 aliphatic carbocycles. The van der Waals surface area contributed by atoms with Gasteiger partial charge in [0.2, 0.25) is 5.78 Å². The maximum atomic E-state index is 13.2. The standard InChI is InChI=1S/C25H22F6N6O/c1-2-18-21(37-12-17(25(29,30)31)11-33-23(37)35-18)22(38)32-10-14-3-5-15(6-4-14)19-13-36-8-7-16(24(26,27)28)9-20(36)34-19/h3-6,11-13,16H,2,7-10H2,1H3,(H,32,38)/t16-/m1/s1. The van der Waals surface area contributed by atoms with Crippen LogP contribution in [0.25, 0.3) is 17.0 Å². The van der Waals surface area contributed by atoms with Crippen molar-refractivity contribution in [3.05, 3.63) is 71.2 Å². The molecule has 13 heteroatoms. The second kappa shape index (κ2) is 9.44. The van der Waals surface area contributed by atoms with Crippen molar-refractivity contribution in [3.63, 3.8) is 0 Å². The van der Waals surface area contributed by atoms with Gasteiger partial charge in [-0.05, 0) is 18.4 Å². The minimum absolute atomic E-state index is 0.00586. The summed E-state index contributed by atoms with van der Waals surface area (Å²) in [6.07, 6.45) is -5.47. The van der Waals surface area contributed by atoms with Gasteiger partial charge in [0.1, 0.15) is 11.5 Å². The molecular formula is C25H22F6N6O. The first-order chi connectivity index (χ1) is 17.9. The van der Waals surface area contributed by atoms with Gasteiger partial charge in [-0.3, -0.25) is 9.20 Å². The number of carbonyl (C=O) groups excluding carboxylic acids is 1. The lowest BCUT2D eigenvalue weighted by Gasteiger charge is -2.25. The van der Waals surface area contributed by atoms with Crippen molar-refractivity contribution in [1.29, 1.82) is 0 Å². The molecule has 0 radical (unpaired) electrons. The highest BCUT2D eigenvalue weighted by Gasteiger charge is 2.42. The highest BCUT2D eigenvalue weighted by molar-refractivity contribution is 5.94. The zero-order chi connectivity index (χ0) is 27.2. The summed E-state index contributed by atoms with van der Waals surface area (Å²) >= 11 is 0.